The fraction of sp³-hybridized carbons (Fsp3) is 0.364. The van der Waals surface area contributed by atoms with Crippen molar-refractivity contribution in [1.29, 1.82) is 0 Å². The van der Waals surface area contributed by atoms with E-state index in [0.29, 0.717) is 12.1 Å². The molecule has 2 nitrogen and oxygen atoms in total. The zero-order chi connectivity index (χ0) is 11.3. The number of hydrogen-bond acceptors (Lipinski definition) is 1. The molecule has 1 aromatic carbocycles. The van der Waals surface area contributed by atoms with Gasteiger partial charge in [0.05, 0.1) is 0 Å². The van der Waals surface area contributed by atoms with Gasteiger partial charge in [-0.3, -0.25) is 4.79 Å². The number of hydrogen-bond donors (Lipinski definition) is 0. The van der Waals surface area contributed by atoms with Gasteiger partial charge in [-0.25, -0.2) is 4.39 Å². The Bertz CT molecular complexity index is 326. The molecule has 0 radical (unpaired) electrons. The van der Waals surface area contributed by atoms with Crippen LogP contribution < -0.4 is 0 Å². The van der Waals surface area contributed by atoms with Crippen LogP contribution in [0.2, 0.25) is 0 Å². The van der Waals surface area contributed by atoms with E-state index >= 15 is 0 Å². The molecule has 4 heteroatoms. The van der Waals surface area contributed by atoms with Crippen LogP contribution >= 0.6 is 15.9 Å². The second-order valence-corrected chi connectivity index (χ2v) is 4.07. The number of halogens is 2. The summed E-state index contributed by atoms with van der Waals surface area (Å²) < 4.78 is 12.6. The lowest BCUT2D eigenvalue weighted by Gasteiger charge is -2.16. The summed E-state index contributed by atoms with van der Waals surface area (Å²) in [4.78, 5) is 13.4. The van der Waals surface area contributed by atoms with Crippen LogP contribution in [-0.2, 0) is 0 Å². The molecule has 0 bridgehead atoms. The van der Waals surface area contributed by atoms with Crippen LogP contribution in [-0.4, -0.2) is 29.7 Å². The predicted molar refractivity (Wildman–Crippen MR) is 61.8 cm³/mol. The van der Waals surface area contributed by atoms with Gasteiger partial charge in [-0.05, 0) is 30.7 Å². The summed E-state index contributed by atoms with van der Waals surface area (Å²) in [7, 11) is 1.74. The van der Waals surface area contributed by atoms with Crippen molar-refractivity contribution < 1.29 is 9.18 Å². The van der Waals surface area contributed by atoms with E-state index in [4.69, 9.17) is 0 Å². The Morgan fingerprint density at radius 2 is 2.00 bits per heavy atom. The van der Waals surface area contributed by atoms with Gasteiger partial charge >= 0.3 is 0 Å². The summed E-state index contributed by atoms with van der Waals surface area (Å²) in [5.74, 6) is -0.398. The first kappa shape index (κ1) is 12.2. The predicted octanol–water partition coefficient (Wildman–Crippen LogP) is 2.68. The van der Waals surface area contributed by atoms with E-state index in [1.807, 2.05) is 0 Å². The molecule has 0 saturated heterocycles. The van der Waals surface area contributed by atoms with Gasteiger partial charge in [0.25, 0.3) is 5.91 Å². The van der Waals surface area contributed by atoms with Gasteiger partial charge in [0.2, 0.25) is 0 Å². The Hall–Kier alpha value is -0.900. The van der Waals surface area contributed by atoms with Crippen molar-refractivity contribution in [3.8, 4) is 0 Å². The molecule has 0 fully saturated rings. The van der Waals surface area contributed by atoms with Crippen LogP contribution in [0.5, 0.6) is 0 Å². The fourth-order valence-electron chi connectivity index (χ4n) is 1.21. The van der Waals surface area contributed by atoms with Crippen molar-refractivity contribution in [1.82, 2.24) is 4.90 Å². The van der Waals surface area contributed by atoms with Gasteiger partial charge in [-0.2, -0.15) is 0 Å². The van der Waals surface area contributed by atoms with Crippen LogP contribution in [0.15, 0.2) is 24.3 Å². The minimum absolute atomic E-state index is 0.0732. The van der Waals surface area contributed by atoms with Gasteiger partial charge in [-0.1, -0.05) is 15.9 Å². The minimum Gasteiger partial charge on any atom is -0.342 e. The first-order valence-corrected chi connectivity index (χ1v) is 5.84. The number of amides is 1. The van der Waals surface area contributed by atoms with E-state index in [0.717, 1.165) is 11.8 Å². The lowest BCUT2D eigenvalue weighted by molar-refractivity contribution is 0.0795. The van der Waals surface area contributed by atoms with Gasteiger partial charge in [-0.15, -0.1) is 0 Å². The highest BCUT2D eigenvalue weighted by Gasteiger charge is 2.10. The van der Waals surface area contributed by atoms with Crippen molar-refractivity contribution in [2.45, 2.75) is 6.42 Å². The molecular weight excluding hydrogens is 261 g/mol. The molecule has 0 aromatic heterocycles. The number of carbonyl (C=O) groups excluding carboxylic acids is 1. The normalized spacial score (nSPS) is 10.1. The van der Waals surface area contributed by atoms with E-state index in [2.05, 4.69) is 15.9 Å². The summed E-state index contributed by atoms with van der Waals surface area (Å²) in [6.07, 6.45) is 0.906. The maximum Gasteiger partial charge on any atom is 0.253 e. The summed E-state index contributed by atoms with van der Waals surface area (Å²) in [6, 6.07) is 5.60. The SMILES string of the molecule is CN(CCCBr)C(=O)c1ccc(F)cc1. The second kappa shape index (κ2) is 5.85. The zero-order valence-electron chi connectivity index (χ0n) is 8.54. The van der Waals surface area contributed by atoms with Crippen LogP contribution in [0, 0.1) is 5.82 Å². The van der Waals surface area contributed by atoms with E-state index in [-0.39, 0.29) is 11.7 Å². The standard InChI is InChI=1S/C11H13BrFNO/c1-14(8-2-7-12)11(15)9-3-5-10(13)6-4-9/h3-6H,2,7-8H2,1H3. The van der Waals surface area contributed by atoms with Crippen molar-refractivity contribution in [3.63, 3.8) is 0 Å². The average Bonchev–Trinajstić information content (AvgIpc) is 2.26. The molecule has 0 atom stereocenters. The Labute approximate surface area is 97.2 Å². The van der Waals surface area contributed by atoms with Gasteiger partial charge in [0, 0.05) is 24.5 Å². The van der Waals surface area contributed by atoms with Crippen molar-refractivity contribution in [2.75, 3.05) is 18.9 Å². The molecule has 0 aliphatic carbocycles. The molecule has 82 valence electrons. The summed E-state index contributed by atoms with van der Waals surface area (Å²) in [5, 5.41) is 0.869. The fourth-order valence-corrected chi connectivity index (χ4v) is 1.46. The summed E-state index contributed by atoms with van der Waals surface area (Å²) in [5.41, 5.74) is 0.522. The van der Waals surface area contributed by atoms with Crippen LogP contribution in [0.4, 0.5) is 4.39 Å². The molecule has 0 saturated carbocycles. The Kier molecular flexibility index (Phi) is 4.75. The molecule has 0 aliphatic rings. The minimum atomic E-state index is -0.324. The third-order valence-corrected chi connectivity index (χ3v) is 2.63. The van der Waals surface area contributed by atoms with Crippen molar-refractivity contribution in [3.05, 3.63) is 35.6 Å². The third kappa shape index (κ3) is 3.63. The van der Waals surface area contributed by atoms with E-state index in [9.17, 15) is 9.18 Å². The quantitative estimate of drug-likeness (QED) is 0.773. The molecule has 0 unspecified atom stereocenters. The Morgan fingerprint density at radius 1 is 1.40 bits per heavy atom. The lowest BCUT2D eigenvalue weighted by atomic mass is 10.2. The number of benzene rings is 1. The van der Waals surface area contributed by atoms with E-state index in [1.54, 1.807) is 11.9 Å². The molecule has 0 spiro atoms. The molecule has 0 N–H and O–H groups in total. The van der Waals surface area contributed by atoms with Gasteiger partial charge < -0.3 is 4.90 Å². The third-order valence-electron chi connectivity index (χ3n) is 2.07. The maximum atomic E-state index is 12.6. The van der Waals surface area contributed by atoms with Crippen LogP contribution in [0.1, 0.15) is 16.8 Å². The van der Waals surface area contributed by atoms with Crippen molar-refractivity contribution >= 4 is 21.8 Å². The monoisotopic (exact) mass is 273 g/mol. The summed E-state index contributed by atoms with van der Waals surface area (Å²) in [6.45, 7) is 0.696. The average molecular weight is 274 g/mol. The maximum absolute atomic E-state index is 12.6. The molecule has 1 aromatic rings. The Morgan fingerprint density at radius 3 is 2.53 bits per heavy atom. The van der Waals surface area contributed by atoms with E-state index < -0.39 is 0 Å². The molecule has 1 amide bonds. The van der Waals surface area contributed by atoms with Crippen molar-refractivity contribution in [2.24, 2.45) is 0 Å². The Balaban J connectivity index is 2.63. The largest absolute Gasteiger partial charge is 0.342 e. The number of alkyl halides is 1. The topological polar surface area (TPSA) is 20.3 Å². The molecular formula is C11H13BrFNO. The molecule has 0 aliphatic heterocycles. The van der Waals surface area contributed by atoms with Gasteiger partial charge in [0.15, 0.2) is 0 Å². The first-order valence-electron chi connectivity index (χ1n) is 4.72. The number of rotatable bonds is 4. The molecule has 1 rings (SSSR count). The van der Waals surface area contributed by atoms with Crippen LogP contribution in [0.25, 0.3) is 0 Å². The zero-order valence-corrected chi connectivity index (χ0v) is 10.1. The highest BCUT2D eigenvalue weighted by molar-refractivity contribution is 9.09. The van der Waals surface area contributed by atoms with E-state index in [1.165, 1.54) is 24.3 Å². The van der Waals surface area contributed by atoms with Gasteiger partial charge in [0.1, 0.15) is 5.82 Å². The summed E-state index contributed by atoms with van der Waals surface area (Å²) >= 11 is 3.31. The lowest BCUT2D eigenvalue weighted by Crippen LogP contribution is -2.27. The number of nitrogens with zero attached hydrogens (tertiary/aromatic N) is 1. The smallest absolute Gasteiger partial charge is 0.253 e. The molecule has 15 heavy (non-hydrogen) atoms. The second-order valence-electron chi connectivity index (χ2n) is 3.28. The number of carbonyl (C=O) groups is 1. The highest BCUT2D eigenvalue weighted by Crippen LogP contribution is 2.06. The molecule has 0 heterocycles. The highest BCUT2D eigenvalue weighted by atomic mass is 79.9. The first-order chi connectivity index (χ1) is 7.15. The van der Waals surface area contributed by atoms with Crippen LogP contribution in [0.3, 0.4) is 0 Å².